The van der Waals surface area contributed by atoms with Gasteiger partial charge in [-0.05, 0) is 78.1 Å². The molecule has 4 aromatic rings. The van der Waals surface area contributed by atoms with E-state index in [1.165, 1.54) is 12.1 Å². The zero-order valence-electron chi connectivity index (χ0n) is 19.8. The maximum Gasteiger partial charge on any atom is 0.159 e. The van der Waals surface area contributed by atoms with Gasteiger partial charge in [-0.3, -0.25) is 4.79 Å². The molecule has 0 spiro atoms. The van der Waals surface area contributed by atoms with Crippen LogP contribution in [0.3, 0.4) is 0 Å². The third-order valence-electron chi connectivity index (χ3n) is 6.56. The molecule has 2 aliphatic carbocycles. The van der Waals surface area contributed by atoms with Crippen molar-refractivity contribution < 1.29 is 30.3 Å². The van der Waals surface area contributed by atoms with Crippen LogP contribution in [0.2, 0.25) is 0 Å². The SMILES string of the molecule is CC(=O)c1ccccc1.Oc1cc(O)c2c(c1)C1Cc3c(O)cc(O)cc3C1C2.Oc1ccccc1. The Balaban J connectivity index is 0.000000157. The van der Waals surface area contributed by atoms with Gasteiger partial charge in [0.05, 0.1) is 0 Å². The van der Waals surface area contributed by atoms with Crippen LogP contribution in [0, 0.1) is 0 Å². The lowest BCUT2D eigenvalue weighted by Crippen LogP contribution is -1.98. The Bertz CT molecular complexity index is 1300. The Hall–Kier alpha value is -4.45. The number of carbonyl (C=O) groups excluding carboxylic acids is 1. The van der Waals surface area contributed by atoms with Gasteiger partial charge < -0.3 is 25.5 Å². The summed E-state index contributed by atoms with van der Waals surface area (Å²) in [5.41, 5.74) is 4.40. The normalized spacial score (nSPS) is 16.4. The summed E-state index contributed by atoms with van der Waals surface area (Å²) in [7, 11) is 0. The van der Waals surface area contributed by atoms with E-state index in [2.05, 4.69) is 0 Å². The number of phenolic OH excluding ortho intramolecular Hbond substituents is 5. The molecule has 0 fully saturated rings. The number of para-hydroxylation sites is 1. The van der Waals surface area contributed by atoms with E-state index in [0.717, 1.165) is 27.8 Å². The quantitative estimate of drug-likeness (QED) is 0.219. The molecular formula is C30H28O6. The molecule has 0 saturated carbocycles. The van der Waals surface area contributed by atoms with Crippen molar-refractivity contribution in [3.8, 4) is 28.7 Å². The molecule has 4 aromatic carbocycles. The third kappa shape index (κ3) is 5.28. The highest BCUT2D eigenvalue weighted by molar-refractivity contribution is 5.93. The molecule has 0 aromatic heterocycles. The molecule has 5 N–H and O–H groups in total. The molecule has 0 saturated heterocycles. The average Bonchev–Trinajstić information content (AvgIpc) is 3.39. The number of benzene rings is 4. The van der Waals surface area contributed by atoms with Crippen molar-refractivity contribution in [3.63, 3.8) is 0 Å². The molecule has 6 nitrogen and oxygen atoms in total. The smallest absolute Gasteiger partial charge is 0.159 e. The summed E-state index contributed by atoms with van der Waals surface area (Å²) in [6.45, 7) is 1.56. The molecule has 184 valence electrons. The second-order valence-electron chi connectivity index (χ2n) is 8.94. The fraction of sp³-hybridized carbons (Fsp3) is 0.167. The van der Waals surface area contributed by atoms with Crippen molar-refractivity contribution in [2.45, 2.75) is 31.6 Å². The Kier molecular flexibility index (Phi) is 7.15. The van der Waals surface area contributed by atoms with Crippen LogP contribution in [0.1, 0.15) is 51.4 Å². The average molecular weight is 485 g/mol. The second kappa shape index (κ2) is 10.4. The van der Waals surface area contributed by atoms with Crippen molar-refractivity contribution >= 4 is 5.78 Å². The van der Waals surface area contributed by atoms with Gasteiger partial charge in [0.1, 0.15) is 28.7 Å². The molecule has 0 bridgehead atoms. The van der Waals surface area contributed by atoms with E-state index in [9.17, 15) is 25.2 Å². The van der Waals surface area contributed by atoms with Gasteiger partial charge in [-0.1, -0.05) is 48.5 Å². The van der Waals surface area contributed by atoms with Crippen LogP contribution in [0.15, 0.2) is 84.9 Å². The summed E-state index contributed by atoms with van der Waals surface area (Å²) in [6, 6.07) is 24.1. The first-order chi connectivity index (χ1) is 17.2. The molecule has 2 unspecified atom stereocenters. The lowest BCUT2D eigenvalue weighted by molar-refractivity contribution is 0.101. The summed E-state index contributed by atoms with van der Waals surface area (Å²) >= 11 is 0. The van der Waals surface area contributed by atoms with Crippen LogP contribution < -0.4 is 0 Å². The zero-order valence-corrected chi connectivity index (χ0v) is 19.8. The largest absolute Gasteiger partial charge is 0.508 e. The zero-order chi connectivity index (χ0) is 25.8. The van der Waals surface area contributed by atoms with E-state index in [4.69, 9.17) is 5.11 Å². The molecule has 2 aliphatic rings. The van der Waals surface area contributed by atoms with Gasteiger partial charge in [0.25, 0.3) is 0 Å². The Labute approximate surface area is 209 Å². The number of fused-ring (bicyclic) bond motifs is 5. The van der Waals surface area contributed by atoms with E-state index < -0.39 is 0 Å². The molecule has 0 aliphatic heterocycles. The highest BCUT2D eigenvalue weighted by Crippen LogP contribution is 2.56. The second-order valence-corrected chi connectivity index (χ2v) is 8.94. The molecule has 2 atom stereocenters. The van der Waals surface area contributed by atoms with Crippen LogP contribution in [0.5, 0.6) is 28.7 Å². The molecular weight excluding hydrogens is 456 g/mol. The maximum absolute atomic E-state index is 10.6. The fourth-order valence-corrected chi connectivity index (χ4v) is 4.91. The summed E-state index contributed by atoms with van der Waals surface area (Å²) in [4.78, 5) is 10.6. The van der Waals surface area contributed by atoms with Crippen molar-refractivity contribution in [3.05, 3.63) is 113 Å². The molecule has 6 heteroatoms. The molecule has 0 heterocycles. The predicted molar refractivity (Wildman–Crippen MR) is 137 cm³/mol. The summed E-state index contributed by atoms with van der Waals surface area (Å²) < 4.78 is 0. The fourth-order valence-electron chi connectivity index (χ4n) is 4.91. The number of aromatic hydroxyl groups is 5. The van der Waals surface area contributed by atoms with E-state index >= 15 is 0 Å². The van der Waals surface area contributed by atoms with Crippen LogP contribution >= 0.6 is 0 Å². The van der Waals surface area contributed by atoms with Crippen LogP contribution in [0.25, 0.3) is 0 Å². The number of rotatable bonds is 1. The number of hydrogen-bond donors (Lipinski definition) is 5. The number of phenols is 5. The highest BCUT2D eigenvalue weighted by Gasteiger charge is 2.42. The summed E-state index contributed by atoms with van der Waals surface area (Å²) in [5.74, 6) is 1.10. The van der Waals surface area contributed by atoms with Gasteiger partial charge in [0.15, 0.2) is 5.78 Å². The van der Waals surface area contributed by atoms with Crippen molar-refractivity contribution in [1.82, 2.24) is 0 Å². The summed E-state index contributed by atoms with van der Waals surface area (Å²) in [5, 5.41) is 47.9. The lowest BCUT2D eigenvalue weighted by atomic mass is 9.93. The van der Waals surface area contributed by atoms with E-state index in [1.54, 1.807) is 43.3 Å². The Morgan fingerprint density at radius 3 is 1.36 bits per heavy atom. The molecule has 36 heavy (non-hydrogen) atoms. The number of ketones is 1. The summed E-state index contributed by atoms with van der Waals surface area (Å²) in [6.07, 6.45) is 1.34. The number of Topliss-reactive ketones (excluding diaryl/α,β-unsaturated/α-hetero) is 1. The minimum absolute atomic E-state index is 0.0601. The minimum atomic E-state index is 0.0601. The number of carbonyl (C=O) groups is 1. The molecule has 0 amide bonds. The van der Waals surface area contributed by atoms with Gasteiger partial charge in [-0.25, -0.2) is 0 Å². The van der Waals surface area contributed by atoms with E-state index in [-0.39, 0.29) is 40.6 Å². The first-order valence-electron chi connectivity index (χ1n) is 11.6. The van der Waals surface area contributed by atoms with E-state index in [1.807, 2.05) is 36.4 Å². The topological polar surface area (TPSA) is 118 Å². The van der Waals surface area contributed by atoms with Gasteiger partial charge in [0, 0.05) is 17.7 Å². The van der Waals surface area contributed by atoms with E-state index in [0.29, 0.717) is 18.6 Å². The predicted octanol–water partition coefficient (Wildman–Crippen LogP) is 5.77. The van der Waals surface area contributed by atoms with Crippen molar-refractivity contribution in [1.29, 1.82) is 0 Å². The Morgan fingerprint density at radius 1 is 0.611 bits per heavy atom. The van der Waals surface area contributed by atoms with Gasteiger partial charge in [-0.2, -0.15) is 0 Å². The number of hydrogen-bond acceptors (Lipinski definition) is 6. The molecule has 0 radical (unpaired) electrons. The van der Waals surface area contributed by atoms with Crippen LogP contribution in [0.4, 0.5) is 0 Å². The van der Waals surface area contributed by atoms with Crippen molar-refractivity contribution in [2.75, 3.05) is 0 Å². The highest BCUT2D eigenvalue weighted by atomic mass is 16.3. The minimum Gasteiger partial charge on any atom is -0.508 e. The van der Waals surface area contributed by atoms with Gasteiger partial charge in [-0.15, -0.1) is 0 Å². The van der Waals surface area contributed by atoms with Crippen LogP contribution in [-0.2, 0) is 12.8 Å². The van der Waals surface area contributed by atoms with Gasteiger partial charge in [0.2, 0.25) is 0 Å². The monoisotopic (exact) mass is 484 g/mol. The standard InChI is InChI=1S/C16H14O4.C8H8O.C6H6O/c17-7-1-9-11-5-14-10(2-8(18)4-16(14)20)12(11)6-13(9)15(19)3-7;1-7(9)8-5-3-2-4-6-8;7-6-4-2-1-3-5-6/h1-4,11-12,17-20H,5-6H2;2-6H,1H3;1-5,7H. The third-order valence-corrected chi connectivity index (χ3v) is 6.56. The first kappa shape index (κ1) is 24.7. The van der Waals surface area contributed by atoms with Gasteiger partial charge >= 0.3 is 0 Å². The van der Waals surface area contributed by atoms with Crippen molar-refractivity contribution in [2.24, 2.45) is 0 Å². The maximum atomic E-state index is 10.6. The first-order valence-corrected chi connectivity index (χ1v) is 11.6. The van der Waals surface area contributed by atoms with Crippen LogP contribution in [-0.4, -0.2) is 31.3 Å². The Morgan fingerprint density at radius 2 is 1.03 bits per heavy atom. The molecule has 6 rings (SSSR count). The lowest BCUT2D eigenvalue weighted by Gasteiger charge is -2.10.